The van der Waals surface area contributed by atoms with Gasteiger partial charge in [0.1, 0.15) is 18.7 Å². The average molecular weight is 473 g/mol. The number of nitrogens with one attached hydrogen (secondary N) is 2. The fourth-order valence-electron chi connectivity index (χ4n) is 4.51. The highest BCUT2D eigenvalue weighted by Crippen LogP contribution is 2.46. The fraction of sp³-hybridized carbons (Fsp3) is 0.250. The highest BCUT2D eigenvalue weighted by molar-refractivity contribution is 5.92. The molecule has 2 atom stereocenters. The molecule has 4 rings (SSSR count). The van der Waals surface area contributed by atoms with E-state index in [1.54, 1.807) is 13.8 Å². The predicted molar refractivity (Wildman–Crippen MR) is 132 cm³/mol. The number of carbonyl (C=O) groups is 3. The van der Waals surface area contributed by atoms with Crippen LogP contribution in [0.3, 0.4) is 0 Å². The molecule has 3 aromatic rings. The summed E-state index contributed by atoms with van der Waals surface area (Å²) in [6.45, 7) is 3.61. The highest BCUT2D eigenvalue weighted by Gasteiger charge is 2.40. The minimum atomic E-state index is -1.21. The van der Waals surface area contributed by atoms with Gasteiger partial charge < -0.3 is 20.5 Å². The second-order valence-corrected chi connectivity index (χ2v) is 8.90. The number of rotatable bonds is 8. The van der Waals surface area contributed by atoms with E-state index in [4.69, 9.17) is 4.74 Å². The molecule has 0 radical (unpaired) electrons. The Labute approximate surface area is 204 Å². The van der Waals surface area contributed by atoms with Crippen molar-refractivity contribution in [1.29, 1.82) is 0 Å². The fourth-order valence-corrected chi connectivity index (χ4v) is 4.51. The Hall–Kier alpha value is -4.13. The van der Waals surface area contributed by atoms with Crippen LogP contribution in [0.15, 0.2) is 78.9 Å². The predicted octanol–water partition coefficient (Wildman–Crippen LogP) is 4.32. The Kier molecular flexibility index (Phi) is 7.15. The summed E-state index contributed by atoms with van der Waals surface area (Å²) in [6.07, 6.45) is -0.744. The summed E-state index contributed by atoms with van der Waals surface area (Å²) < 4.78 is 5.26. The van der Waals surface area contributed by atoms with Gasteiger partial charge in [-0.25, -0.2) is 9.59 Å². The molecule has 0 bridgehead atoms. The zero-order valence-corrected chi connectivity index (χ0v) is 19.6. The van der Waals surface area contributed by atoms with Crippen molar-refractivity contribution in [3.8, 4) is 11.1 Å². The van der Waals surface area contributed by atoms with Crippen molar-refractivity contribution in [3.63, 3.8) is 0 Å². The Balaban J connectivity index is 1.51. The lowest BCUT2D eigenvalue weighted by Gasteiger charge is -2.27. The van der Waals surface area contributed by atoms with E-state index in [1.165, 1.54) is 0 Å². The number of amides is 2. The minimum absolute atomic E-state index is 0.0620. The van der Waals surface area contributed by atoms with Gasteiger partial charge in [-0.15, -0.1) is 0 Å². The summed E-state index contributed by atoms with van der Waals surface area (Å²) in [5.41, 5.74) is 4.42. The molecule has 35 heavy (non-hydrogen) atoms. The van der Waals surface area contributed by atoms with Crippen LogP contribution in [0.5, 0.6) is 0 Å². The number of carboxylic acids is 1. The third-order valence-corrected chi connectivity index (χ3v) is 6.21. The SMILES string of the molecule is CC(C)[C@@H](NC(=O)OCc1ccccc1)C(=O)N[C@@H](C(=O)O)C1c2ccccc2-c2ccccc21. The van der Waals surface area contributed by atoms with Crippen molar-refractivity contribution in [3.05, 3.63) is 95.6 Å². The van der Waals surface area contributed by atoms with Crippen molar-refractivity contribution in [2.24, 2.45) is 5.92 Å². The normalized spacial score (nSPS) is 13.9. The van der Waals surface area contributed by atoms with Gasteiger partial charge in [-0.05, 0) is 33.7 Å². The highest BCUT2D eigenvalue weighted by atomic mass is 16.5. The lowest BCUT2D eigenvalue weighted by molar-refractivity contribution is -0.142. The first-order chi connectivity index (χ1) is 16.9. The van der Waals surface area contributed by atoms with Crippen molar-refractivity contribution < 1.29 is 24.2 Å². The molecule has 0 fully saturated rings. The molecule has 0 heterocycles. The van der Waals surface area contributed by atoms with Crippen molar-refractivity contribution >= 4 is 18.0 Å². The summed E-state index contributed by atoms with van der Waals surface area (Å²) >= 11 is 0. The standard InChI is InChI=1S/C28H28N2O5/c1-17(2)24(30-28(34)35-16-18-10-4-3-5-11-18)26(31)29-25(27(32)33)23-21-14-8-6-12-19(21)20-13-7-9-15-22(20)23/h3-15,17,23-25H,16H2,1-2H3,(H,29,31)(H,30,34)(H,32,33)/t24-,25-/m1/s1. The number of carbonyl (C=O) groups excluding carboxylic acids is 2. The van der Waals surface area contributed by atoms with Gasteiger partial charge >= 0.3 is 12.1 Å². The maximum absolute atomic E-state index is 13.2. The molecular weight excluding hydrogens is 444 g/mol. The molecule has 7 nitrogen and oxygen atoms in total. The first kappa shape index (κ1) is 24.0. The van der Waals surface area contributed by atoms with Crippen LogP contribution in [-0.4, -0.2) is 35.2 Å². The molecule has 0 aliphatic heterocycles. The topological polar surface area (TPSA) is 105 Å². The summed E-state index contributed by atoms with van der Waals surface area (Å²) in [4.78, 5) is 38.0. The van der Waals surface area contributed by atoms with E-state index in [0.29, 0.717) is 0 Å². The largest absolute Gasteiger partial charge is 0.480 e. The second kappa shape index (κ2) is 10.4. The van der Waals surface area contributed by atoms with Gasteiger partial charge in [-0.3, -0.25) is 4.79 Å². The quantitative estimate of drug-likeness (QED) is 0.453. The van der Waals surface area contributed by atoms with Gasteiger partial charge in [0.2, 0.25) is 5.91 Å². The number of alkyl carbamates (subject to hydrolysis) is 1. The molecule has 3 N–H and O–H groups in total. The lowest BCUT2D eigenvalue weighted by atomic mass is 9.88. The number of carboxylic acid groups (broad SMARTS) is 1. The van der Waals surface area contributed by atoms with Gasteiger partial charge in [0.25, 0.3) is 0 Å². The first-order valence-corrected chi connectivity index (χ1v) is 11.6. The molecular formula is C28H28N2O5. The number of ether oxygens (including phenoxy) is 1. The third-order valence-electron chi connectivity index (χ3n) is 6.21. The molecule has 3 aromatic carbocycles. The molecule has 0 saturated carbocycles. The van der Waals surface area contributed by atoms with Crippen LogP contribution in [0.1, 0.15) is 36.5 Å². The van der Waals surface area contributed by atoms with Crippen LogP contribution in [0.2, 0.25) is 0 Å². The summed E-state index contributed by atoms with van der Waals surface area (Å²) in [7, 11) is 0. The van der Waals surface area contributed by atoms with Crippen LogP contribution in [0.25, 0.3) is 11.1 Å². The monoisotopic (exact) mass is 472 g/mol. The maximum atomic E-state index is 13.2. The Morgan fingerprint density at radius 3 is 1.91 bits per heavy atom. The van der Waals surface area contributed by atoms with Gasteiger partial charge in [-0.1, -0.05) is 92.7 Å². The van der Waals surface area contributed by atoms with Gasteiger partial charge in [-0.2, -0.15) is 0 Å². The number of fused-ring (bicyclic) bond motifs is 3. The van der Waals surface area contributed by atoms with Crippen LogP contribution >= 0.6 is 0 Å². The Morgan fingerprint density at radius 2 is 1.37 bits per heavy atom. The molecule has 180 valence electrons. The number of hydrogen-bond donors (Lipinski definition) is 3. The van der Waals surface area contributed by atoms with E-state index < -0.39 is 36.0 Å². The van der Waals surface area contributed by atoms with E-state index >= 15 is 0 Å². The molecule has 0 saturated heterocycles. The van der Waals surface area contributed by atoms with E-state index in [-0.39, 0.29) is 12.5 Å². The van der Waals surface area contributed by atoms with Crippen molar-refractivity contribution in [2.75, 3.05) is 0 Å². The third kappa shape index (κ3) is 5.19. The molecule has 0 aromatic heterocycles. The average Bonchev–Trinajstić information content (AvgIpc) is 3.19. The van der Waals surface area contributed by atoms with Gasteiger partial charge in [0.05, 0.1) is 0 Å². The van der Waals surface area contributed by atoms with E-state index in [1.807, 2.05) is 78.9 Å². The van der Waals surface area contributed by atoms with E-state index in [0.717, 1.165) is 27.8 Å². The number of benzene rings is 3. The molecule has 1 aliphatic carbocycles. The van der Waals surface area contributed by atoms with Crippen molar-refractivity contribution in [2.45, 2.75) is 38.5 Å². The molecule has 1 aliphatic rings. The smallest absolute Gasteiger partial charge is 0.408 e. The minimum Gasteiger partial charge on any atom is -0.480 e. The zero-order valence-electron chi connectivity index (χ0n) is 19.6. The molecule has 0 unspecified atom stereocenters. The Bertz CT molecular complexity index is 1180. The van der Waals surface area contributed by atoms with Crippen LogP contribution in [0.4, 0.5) is 4.79 Å². The lowest BCUT2D eigenvalue weighted by Crippen LogP contribution is -2.55. The molecule has 7 heteroatoms. The van der Waals surface area contributed by atoms with Crippen LogP contribution in [0, 0.1) is 5.92 Å². The number of aliphatic carboxylic acids is 1. The molecule has 2 amide bonds. The van der Waals surface area contributed by atoms with E-state index in [9.17, 15) is 19.5 Å². The first-order valence-electron chi connectivity index (χ1n) is 11.6. The van der Waals surface area contributed by atoms with Crippen LogP contribution in [-0.2, 0) is 20.9 Å². The second-order valence-electron chi connectivity index (χ2n) is 8.90. The van der Waals surface area contributed by atoms with Gasteiger partial charge in [0.15, 0.2) is 0 Å². The van der Waals surface area contributed by atoms with Gasteiger partial charge in [0, 0.05) is 5.92 Å². The van der Waals surface area contributed by atoms with Crippen molar-refractivity contribution in [1.82, 2.24) is 10.6 Å². The summed E-state index contributed by atoms with van der Waals surface area (Å²) in [5.74, 6) is -2.58. The molecule has 0 spiro atoms. The summed E-state index contributed by atoms with van der Waals surface area (Å²) in [6, 6.07) is 22.2. The maximum Gasteiger partial charge on any atom is 0.408 e. The van der Waals surface area contributed by atoms with E-state index in [2.05, 4.69) is 10.6 Å². The number of hydrogen-bond acceptors (Lipinski definition) is 4. The Morgan fingerprint density at radius 1 is 0.829 bits per heavy atom. The summed E-state index contributed by atoms with van der Waals surface area (Å²) in [5, 5.41) is 15.4. The van der Waals surface area contributed by atoms with Crippen LogP contribution < -0.4 is 10.6 Å². The zero-order chi connectivity index (χ0) is 24.9.